The highest BCUT2D eigenvalue weighted by atomic mass is 79.9. The fourth-order valence-electron chi connectivity index (χ4n) is 1.37. The van der Waals surface area contributed by atoms with Crippen molar-refractivity contribution >= 4 is 15.9 Å². The molecule has 0 spiro atoms. The molecule has 0 saturated heterocycles. The lowest BCUT2D eigenvalue weighted by atomic mass is 10.2. The Labute approximate surface area is 87.6 Å². The van der Waals surface area contributed by atoms with E-state index in [-0.39, 0.29) is 0 Å². The van der Waals surface area contributed by atoms with Gasteiger partial charge in [0.05, 0.1) is 11.7 Å². The Kier molecular flexibility index (Phi) is 4.42. The van der Waals surface area contributed by atoms with Crippen molar-refractivity contribution in [1.29, 1.82) is 0 Å². The van der Waals surface area contributed by atoms with Crippen LogP contribution in [0.25, 0.3) is 0 Å². The summed E-state index contributed by atoms with van der Waals surface area (Å²) >= 11 is 3.39. The van der Waals surface area contributed by atoms with Gasteiger partial charge < -0.3 is 0 Å². The molecule has 0 aliphatic carbocycles. The maximum atomic E-state index is 4.12. The molecule has 4 heteroatoms. The summed E-state index contributed by atoms with van der Waals surface area (Å²) in [5.41, 5.74) is 1.07. The maximum absolute atomic E-state index is 4.12. The molecule has 1 rings (SSSR count). The molecular formula is C9H16BrN3. The third-order valence-corrected chi connectivity index (χ3v) is 2.62. The molecule has 1 aromatic rings. The van der Waals surface area contributed by atoms with E-state index < -0.39 is 0 Å². The SMILES string of the molecule is CCC(CC)n1cc(CCBr)nn1. The van der Waals surface area contributed by atoms with Crippen LogP contribution in [0.15, 0.2) is 6.20 Å². The van der Waals surface area contributed by atoms with Crippen LogP contribution in [0, 0.1) is 0 Å². The second-order valence-corrected chi connectivity index (χ2v) is 3.89. The van der Waals surface area contributed by atoms with Gasteiger partial charge in [-0.05, 0) is 12.8 Å². The number of halogens is 1. The molecule has 0 N–H and O–H groups in total. The predicted octanol–water partition coefficient (Wildman–Crippen LogP) is 2.58. The van der Waals surface area contributed by atoms with Gasteiger partial charge in [-0.3, -0.25) is 0 Å². The average molecular weight is 246 g/mol. The predicted molar refractivity (Wildman–Crippen MR) is 57.1 cm³/mol. The molecule has 13 heavy (non-hydrogen) atoms. The molecule has 0 unspecified atom stereocenters. The molecule has 0 aromatic carbocycles. The van der Waals surface area contributed by atoms with Crippen molar-refractivity contribution in [2.24, 2.45) is 0 Å². The molecule has 0 bridgehead atoms. The topological polar surface area (TPSA) is 30.7 Å². The highest BCUT2D eigenvalue weighted by Crippen LogP contribution is 2.13. The Balaban J connectivity index is 2.66. The Morgan fingerprint density at radius 2 is 2.15 bits per heavy atom. The number of hydrogen-bond donors (Lipinski definition) is 0. The van der Waals surface area contributed by atoms with Crippen molar-refractivity contribution in [2.45, 2.75) is 39.2 Å². The molecule has 1 aromatic heterocycles. The monoisotopic (exact) mass is 245 g/mol. The van der Waals surface area contributed by atoms with Crippen molar-refractivity contribution in [3.05, 3.63) is 11.9 Å². The second kappa shape index (κ2) is 5.37. The van der Waals surface area contributed by atoms with E-state index in [9.17, 15) is 0 Å². The highest BCUT2D eigenvalue weighted by molar-refractivity contribution is 9.09. The Morgan fingerprint density at radius 3 is 2.69 bits per heavy atom. The summed E-state index contributed by atoms with van der Waals surface area (Å²) < 4.78 is 1.98. The highest BCUT2D eigenvalue weighted by Gasteiger charge is 2.08. The van der Waals surface area contributed by atoms with Gasteiger partial charge in [-0.1, -0.05) is 35.0 Å². The van der Waals surface area contributed by atoms with Crippen molar-refractivity contribution in [3.63, 3.8) is 0 Å². The lowest BCUT2D eigenvalue weighted by molar-refractivity contribution is 0.418. The lowest BCUT2D eigenvalue weighted by Crippen LogP contribution is -2.07. The molecule has 0 atom stereocenters. The van der Waals surface area contributed by atoms with Crippen LogP contribution in [0.2, 0.25) is 0 Å². The molecule has 0 amide bonds. The minimum atomic E-state index is 0.511. The maximum Gasteiger partial charge on any atom is 0.0835 e. The third-order valence-electron chi connectivity index (χ3n) is 2.22. The summed E-state index contributed by atoms with van der Waals surface area (Å²) in [5, 5.41) is 9.18. The first-order valence-corrected chi connectivity index (χ1v) is 5.90. The zero-order valence-corrected chi connectivity index (χ0v) is 9.79. The van der Waals surface area contributed by atoms with E-state index in [1.54, 1.807) is 0 Å². The first-order chi connectivity index (χ1) is 6.31. The van der Waals surface area contributed by atoms with Gasteiger partial charge in [0.2, 0.25) is 0 Å². The third kappa shape index (κ3) is 2.79. The van der Waals surface area contributed by atoms with Gasteiger partial charge in [0.1, 0.15) is 0 Å². The Hall–Kier alpha value is -0.380. The summed E-state index contributed by atoms with van der Waals surface area (Å²) in [6.07, 6.45) is 5.25. The standard InChI is InChI=1S/C9H16BrN3/c1-3-9(4-2)13-7-8(5-6-10)11-12-13/h7,9H,3-6H2,1-2H3. The average Bonchev–Trinajstić information content (AvgIpc) is 2.56. The van der Waals surface area contributed by atoms with Crippen LogP contribution in [0.3, 0.4) is 0 Å². The van der Waals surface area contributed by atoms with E-state index in [1.165, 1.54) is 0 Å². The number of nitrogens with zero attached hydrogens (tertiary/aromatic N) is 3. The van der Waals surface area contributed by atoms with Crippen molar-refractivity contribution in [1.82, 2.24) is 15.0 Å². The number of aromatic nitrogens is 3. The van der Waals surface area contributed by atoms with Gasteiger partial charge in [0.15, 0.2) is 0 Å². The fraction of sp³-hybridized carbons (Fsp3) is 0.778. The molecule has 74 valence electrons. The molecule has 3 nitrogen and oxygen atoms in total. The van der Waals surface area contributed by atoms with E-state index >= 15 is 0 Å². The van der Waals surface area contributed by atoms with Crippen molar-refractivity contribution in [2.75, 3.05) is 5.33 Å². The molecule has 0 fully saturated rings. The van der Waals surface area contributed by atoms with Crippen LogP contribution in [-0.2, 0) is 6.42 Å². The van der Waals surface area contributed by atoms with E-state index in [0.717, 1.165) is 30.3 Å². The smallest absolute Gasteiger partial charge is 0.0835 e. The zero-order valence-electron chi connectivity index (χ0n) is 8.20. The Morgan fingerprint density at radius 1 is 1.46 bits per heavy atom. The van der Waals surface area contributed by atoms with E-state index in [4.69, 9.17) is 0 Å². The van der Waals surface area contributed by atoms with E-state index in [2.05, 4.69) is 46.3 Å². The van der Waals surface area contributed by atoms with Crippen molar-refractivity contribution in [3.8, 4) is 0 Å². The van der Waals surface area contributed by atoms with Gasteiger partial charge in [0, 0.05) is 17.9 Å². The minimum absolute atomic E-state index is 0.511. The second-order valence-electron chi connectivity index (χ2n) is 3.10. The number of rotatable bonds is 5. The van der Waals surface area contributed by atoms with E-state index in [0.29, 0.717) is 6.04 Å². The normalized spacial score (nSPS) is 11.1. The molecule has 0 aliphatic rings. The quantitative estimate of drug-likeness (QED) is 0.747. The van der Waals surface area contributed by atoms with Gasteiger partial charge in [-0.2, -0.15) is 0 Å². The summed E-state index contributed by atoms with van der Waals surface area (Å²) in [7, 11) is 0. The summed E-state index contributed by atoms with van der Waals surface area (Å²) in [5.74, 6) is 0. The van der Waals surface area contributed by atoms with Gasteiger partial charge in [-0.25, -0.2) is 4.68 Å². The first kappa shape index (κ1) is 10.7. The molecule has 0 radical (unpaired) electrons. The van der Waals surface area contributed by atoms with Gasteiger partial charge in [-0.15, -0.1) is 5.10 Å². The Bertz CT molecular complexity index is 243. The lowest BCUT2D eigenvalue weighted by Gasteiger charge is -2.10. The summed E-state index contributed by atoms with van der Waals surface area (Å²) in [6.45, 7) is 4.36. The number of alkyl halides is 1. The van der Waals surface area contributed by atoms with Gasteiger partial charge >= 0.3 is 0 Å². The van der Waals surface area contributed by atoms with Crippen LogP contribution in [-0.4, -0.2) is 20.3 Å². The van der Waals surface area contributed by atoms with Crippen LogP contribution in [0.1, 0.15) is 38.4 Å². The van der Waals surface area contributed by atoms with Crippen LogP contribution in [0.4, 0.5) is 0 Å². The minimum Gasteiger partial charge on any atom is -0.249 e. The first-order valence-electron chi connectivity index (χ1n) is 4.78. The number of aryl methyl sites for hydroxylation is 1. The molecular weight excluding hydrogens is 230 g/mol. The summed E-state index contributed by atoms with van der Waals surface area (Å²) in [6, 6.07) is 0.511. The fourth-order valence-corrected chi connectivity index (χ4v) is 1.77. The van der Waals surface area contributed by atoms with Crippen LogP contribution in [0.5, 0.6) is 0 Å². The van der Waals surface area contributed by atoms with Gasteiger partial charge in [0.25, 0.3) is 0 Å². The van der Waals surface area contributed by atoms with Crippen molar-refractivity contribution < 1.29 is 0 Å². The van der Waals surface area contributed by atoms with Crippen LogP contribution < -0.4 is 0 Å². The molecule has 0 aliphatic heterocycles. The summed E-state index contributed by atoms with van der Waals surface area (Å²) in [4.78, 5) is 0. The molecule has 1 heterocycles. The molecule has 0 saturated carbocycles. The number of hydrogen-bond acceptors (Lipinski definition) is 2. The largest absolute Gasteiger partial charge is 0.249 e. The van der Waals surface area contributed by atoms with E-state index in [1.807, 2.05) is 4.68 Å². The van der Waals surface area contributed by atoms with Crippen LogP contribution >= 0.6 is 15.9 Å². The zero-order chi connectivity index (χ0) is 9.68.